The van der Waals surface area contributed by atoms with Crippen molar-refractivity contribution in [3.63, 3.8) is 0 Å². The molecule has 0 saturated heterocycles. The zero-order valence-electron chi connectivity index (χ0n) is 17.5. The predicted octanol–water partition coefficient (Wildman–Crippen LogP) is 6.09. The fourth-order valence-corrected chi connectivity index (χ4v) is 4.00. The van der Waals surface area contributed by atoms with E-state index in [2.05, 4.69) is 6.07 Å². The molecule has 1 fully saturated rings. The van der Waals surface area contributed by atoms with Gasteiger partial charge in [0.15, 0.2) is 0 Å². The zero-order chi connectivity index (χ0) is 23.2. The number of amides is 1. The van der Waals surface area contributed by atoms with Crippen LogP contribution in [0.3, 0.4) is 0 Å². The maximum Gasteiger partial charge on any atom is 0.416 e. The van der Waals surface area contributed by atoms with Crippen LogP contribution in [0.15, 0.2) is 72.8 Å². The molecule has 1 aliphatic rings. The van der Waals surface area contributed by atoms with Crippen molar-refractivity contribution in [3.05, 3.63) is 89.5 Å². The van der Waals surface area contributed by atoms with Crippen molar-refractivity contribution in [3.8, 4) is 16.9 Å². The van der Waals surface area contributed by atoms with Crippen molar-refractivity contribution in [1.82, 2.24) is 9.78 Å². The highest BCUT2D eigenvalue weighted by molar-refractivity contribution is 5.94. The molecule has 3 aromatic carbocycles. The molecule has 4 aromatic rings. The van der Waals surface area contributed by atoms with E-state index in [4.69, 9.17) is 10.8 Å². The van der Waals surface area contributed by atoms with E-state index in [1.54, 1.807) is 10.8 Å². The number of alkyl halides is 3. The van der Waals surface area contributed by atoms with E-state index in [-0.39, 0.29) is 0 Å². The van der Waals surface area contributed by atoms with Crippen LogP contribution >= 0.6 is 0 Å². The molecule has 4 nitrogen and oxygen atoms in total. The van der Waals surface area contributed by atoms with Crippen molar-refractivity contribution < 1.29 is 18.0 Å². The highest BCUT2D eigenvalue weighted by Gasteiger charge is 2.30. The molecule has 0 spiro atoms. The quantitative estimate of drug-likeness (QED) is 0.377. The average molecular weight is 447 g/mol. The summed E-state index contributed by atoms with van der Waals surface area (Å²) in [6.07, 6.45) is 0.834. The van der Waals surface area contributed by atoms with Gasteiger partial charge in [-0.3, -0.25) is 4.79 Å². The van der Waals surface area contributed by atoms with Crippen LogP contribution in [0.2, 0.25) is 0 Å². The van der Waals surface area contributed by atoms with Gasteiger partial charge in [0.05, 0.1) is 16.8 Å². The van der Waals surface area contributed by atoms with Crippen molar-refractivity contribution in [2.24, 2.45) is 5.73 Å². The second-order valence-electron chi connectivity index (χ2n) is 8.22. The summed E-state index contributed by atoms with van der Waals surface area (Å²) in [5, 5.41) is 5.63. The zero-order valence-corrected chi connectivity index (χ0v) is 17.5. The maximum absolute atomic E-state index is 13.0. The lowest BCUT2D eigenvalue weighted by molar-refractivity contribution is -0.137. The second kappa shape index (κ2) is 7.92. The van der Waals surface area contributed by atoms with Gasteiger partial charge in [-0.2, -0.15) is 18.3 Å². The minimum atomic E-state index is -4.39. The number of rotatable bonds is 5. The standard InChI is InChI=1S/C26H20F3N3O/c27-26(28,29)20-10-8-18(9-11-20)25-22-3-1-2-4-23(22)32(31-25)21-14-16(5-12-24(30)33)13-19(15-21)17-6-7-17/h1-5,8-15,17H,6-7H2,(H2,30,33). The fraction of sp³-hybridized carbons (Fsp3) is 0.154. The third kappa shape index (κ3) is 4.26. The molecule has 2 N–H and O–H groups in total. The van der Waals surface area contributed by atoms with Gasteiger partial charge < -0.3 is 5.73 Å². The summed E-state index contributed by atoms with van der Waals surface area (Å²) in [5.74, 6) is -0.0515. The molecule has 0 unspecified atom stereocenters. The van der Waals surface area contributed by atoms with Crippen molar-refractivity contribution in [2.45, 2.75) is 24.9 Å². The lowest BCUT2D eigenvalue weighted by Crippen LogP contribution is -2.05. The summed E-state index contributed by atoms with van der Waals surface area (Å²) in [7, 11) is 0. The van der Waals surface area contributed by atoms with Gasteiger partial charge >= 0.3 is 6.18 Å². The number of nitrogens with two attached hydrogens (primary N) is 1. The SMILES string of the molecule is NC(=O)C=Cc1cc(C2CC2)cc(-n2nc(-c3ccc(C(F)(F)F)cc3)c3ccccc32)c1. The first-order chi connectivity index (χ1) is 15.8. The van der Waals surface area contributed by atoms with Gasteiger partial charge in [0, 0.05) is 17.0 Å². The molecule has 1 heterocycles. The van der Waals surface area contributed by atoms with Crippen LogP contribution in [0.25, 0.3) is 33.9 Å². The number of hydrogen-bond donors (Lipinski definition) is 1. The minimum Gasteiger partial charge on any atom is -0.366 e. The van der Waals surface area contributed by atoms with E-state index in [9.17, 15) is 18.0 Å². The van der Waals surface area contributed by atoms with Gasteiger partial charge in [-0.1, -0.05) is 36.4 Å². The van der Waals surface area contributed by atoms with Crippen LogP contribution in [-0.2, 0) is 11.0 Å². The first-order valence-corrected chi connectivity index (χ1v) is 10.6. The highest BCUT2D eigenvalue weighted by atomic mass is 19.4. The lowest BCUT2D eigenvalue weighted by atomic mass is 10.0. The number of benzene rings is 3. The van der Waals surface area contributed by atoms with Gasteiger partial charge in [0.25, 0.3) is 0 Å². The Morgan fingerprint density at radius 3 is 2.42 bits per heavy atom. The number of primary amides is 1. The van der Waals surface area contributed by atoms with Gasteiger partial charge in [-0.25, -0.2) is 4.68 Å². The predicted molar refractivity (Wildman–Crippen MR) is 122 cm³/mol. The largest absolute Gasteiger partial charge is 0.416 e. The molecule has 1 aromatic heterocycles. The summed E-state index contributed by atoms with van der Waals surface area (Å²) < 4.78 is 40.8. The van der Waals surface area contributed by atoms with E-state index in [0.29, 0.717) is 17.2 Å². The molecule has 166 valence electrons. The van der Waals surface area contributed by atoms with Crippen LogP contribution in [0, 0.1) is 0 Å². The number of hydrogen-bond acceptors (Lipinski definition) is 2. The summed E-state index contributed by atoms with van der Waals surface area (Å²) >= 11 is 0. The number of carbonyl (C=O) groups excluding carboxylic acids is 1. The molecule has 0 radical (unpaired) electrons. The number of aromatic nitrogens is 2. The fourth-order valence-electron chi connectivity index (χ4n) is 4.00. The number of fused-ring (bicyclic) bond motifs is 1. The molecule has 5 rings (SSSR count). The van der Waals surface area contributed by atoms with E-state index < -0.39 is 17.6 Å². The Balaban J connectivity index is 1.65. The molecule has 1 aliphatic carbocycles. The normalized spacial score (nSPS) is 14.3. The summed E-state index contributed by atoms with van der Waals surface area (Å²) in [6.45, 7) is 0. The van der Waals surface area contributed by atoms with Crippen LogP contribution in [0.1, 0.15) is 35.4 Å². The minimum absolute atomic E-state index is 0.474. The third-order valence-electron chi connectivity index (χ3n) is 5.77. The van der Waals surface area contributed by atoms with Gasteiger partial charge in [-0.05, 0) is 66.3 Å². The van der Waals surface area contributed by atoms with Gasteiger partial charge in [0.1, 0.15) is 5.69 Å². The van der Waals surface area contributed by atoms with E-state index >= 15 is 0 Å². The van der Waals surface area contributed by atoms with Crippen LogP contribution in [0.4, 0.5) is 13.2 Å². The third-order valence-corrected chi connectivity index (χ3v) is 5.77. The topological polar surface area (TPSA) is 60.9 Å². The molecular weight excluding hydrogens is 427 g/mol. The van der Waals surface area contributed by atoms with Crippen LogP contribution < -0.4 is 5.73 Å². The Hall–Kier alpha value is -3.87. The lowest BCUT2D eigenvalue weighted by Gasteiger charge is -2.09. The Labute approximate surface area is 188 Å². The Bertz CT molecular complexity index is 1380. The molecular formula is C26H20F3N3O. The van der Waals surface area contributed by atoms with Crippen LogP contribution in [0.5, 0.6) is 0 Å². The first-order valence-electron chi connectivity index (χ1n) is 10.6. The number of carbonyl (C=O) groups is 1. The monoisotopic (exact) mass is 447 g/mol. The van der Waals surface area contributed by atoms with Gasteiger partial charge in [0.2, 0.25) is 5.91 Å². The van der Waals surface area contributed by atoms with E-state index in [1.165, 1.54) is 18.2 Å². The molecule has 1 saturated carbocycles. The summed E-state index contributed by atoms with van der Waals surface area (Å²) in [5.41, 5.74) is 9.43. The van der Waals surface area contributed by atoms with E-state index in [0.717, 1.165) is 52.7 Å². The summed E-state index contributed by atoms with van der Waals surface area (Å²) in [6, 6.07) is 18.7. The van der Waals surface area contributed by atoms with Crippen molar-refractivity contribution >= 4 is 22.9 Å². The smallest absolute Gasteiger partial charge is 0.366 e. The van der Waals surface area contributed by atoms with E-state index in [1.807, 2.05) is 36.4 Å². The molecule has 0 aliphatic heterocycles. The first kappa shape index (κ1) is 21.0. The average Bonchev–Trinajstić information content (AvgIpc) is 3.57. The molecule has 0 atom stereocenters. The maximum atomic E-state index is 13.0. The number of para-hydroxylation sites is 1. The number of halogens is 3. The Kier molecular flexibility index (Phi) is 5.04. The summed E-state index contributed by atoms with van der Waals surface area (Å²) in [4.78, 5) is 11.2. The molecule has 0 bridgehead atoms. The van der Waals surface area contributed by atoms with Crippen molar-refractivity contribution in [2.75, 3.05) is 0 Å². The number of nitrogens with zero attached hydrogens (tertiary/aromatic N) is 2. The molecule has 33 heavy (non-hydrogen) atoms. The second-order valence-corrected chi connectivity index (χ2v) is 8.22. The van der Waals surface area contributed by atoms with Gasteiger partial charge in [-0.15, -0.1) is 0 Å². The molecule has 1 amide bonds. The highest BCUT2D eigenvalue weighted by Crippen LogP contribution is 2.41. The Morgan fingerprint density at radius 1 is 1.03 bits per heavy atom. The Morgan fingerprint density at radius 2 is 1.76 bits per heavy atom. The van der Waals surface area contributed by atoms with Crippen molar-refractivity contribution in [1.29, 1.82) is 0 Å². The molecule has 7 heteroatoms. The van der Waals surface area contributed by atoms with Crippen LogP contribution in [-0.4, -0.2) is 15.7 Å².